The second-order valence-corrected chi connectivity index (χ2v) is 4.74. The smallest absolute Gasteiger partial charge is 0.231 e. The normalized spacial score (nSPS) is 17.2. The lowest BCUT2D eigenvalue weighted by Crippen LogP contribution is -2.27. The molecule has 1 aromatic carbocycles. The van der Waals surface area contributed by atoms with Crippen molar-refractivity contribution in [1.29, 1.82) is 0 Å². The van der Waals surface area contributed by atoms with E-state index in [1.54, 1.807) is 0 Å². The molecule has 2 heterocycles. The molecular weight excluding hydrogens is 230 g/mol. The molecule has 0 N–H and O–H groups in total. The molecule has 0 spiro atoms. The van der Waals surface area contributed by atoms with E-state index < -0.39 is 0 Å². The van der Waals surface area contributed by atoms with Gasteiger partial charge < -0.3 is 14.4 Å². The van der Waals surface area contributed by atoms with E-state index in [1.165, 1.54) is 0 Å². The molecule has 3 rings (SSSR count). The van der Waals surface area contributed by atoms with Crippen molar-refractivity contribution in [2.45, 2.75) is 25.7 Å². The Balaban J connectivity index is 1.63. The van der Waals surface area contributed by atoms with Gasteiger partial charge in [0.05, 0.1) is 0 Å². The van der Waals surface area contributed by atoms with Crippen molar-refractivity contribution in [3.63, 3.8) is 0 Å². The quantitative estimate of drug-likeness (QED) is 0.819. The summed E-state index contributed by atoms with van der Waals surface area (Å²) in [6, 6.07) is 5.85. The molecule has 2 aliphatic rings. The van der Waals surface area contributed by atoms with Gasteiger partial charge in [-0.1, -0.05) is 12.1 Å². The molecule has 0 atom stereocenters. The van der Waals surface area contributed by atoms with E-state index in [0.717, 1.165) is 49.4 Å². The molecule has 1 fully saturated rings. The first-order valence-corrected chi connectivity index (χ1v) is 6.50. The molecule has 0 radical (unpaired) electrons. The van der Waals surface area contributed by atoms with E-state index in [2.05, 4.69) is 0 Å². The lowest BCUT2D eigenvalue weighted by molar-refractivity contribution is -0.130. The van der Waals surface area contributed by atoms with Crippen LogP contribution in [0.5, 0.6) is 11.5 Å². The predicted octanol–water partition coefficient (Wildman–Crippen LogP) is 1.97. The Hall–Kier alpha value is -1.71. The summed E-state index contributed by atoms with van der Waals surface area (Å²) in [6.45, 7) is 2.13. The summed E-state index contributed by atoms with van der Waals surface area (Å²) in [4.78, 5) is 13.9. The van der Waals surface area contributed by atoms with E-state index >= 15 is 0 Å². The van der Waals surface area contributed by atoms with Crippen LogP contribution in [0.2, 0.25) is 0 Å². The minimum atomic E-state index is 0.254. The largest absolute Gasteiger partial charge is 0.454 e. The van der Waals surface area contributed by atoms with Crippen molar-refractivity contribution in [1.82, 2.24) is 4.90 Å². The van der Waals surface area contributed by atoms with Gasteiger partial charge in [0.2, 0.25) is 12.7 Å². The van der Waals surface area contributed by atoms with Gasteiger partial charge in [-0.05, 0) is 30.9 Å². The SMILES string of the molecule is O=C(CCc1cccc2c1OCO2)N1CCCC1. The van der Waals surface area contributed by atoms with E-state index in [9.17, 15) is 4.79 Å². The summed E-state index contributed by atoms with van der Waals surface area (Å²) in [5.74, 6) is 1.86. The maximum absolute atomic E-state index is 12.0. The van der Waals surface area contributed by atoms with Crippen molar-refractivity contribution < 1.29 is 14.3 Å². The fraction of sp³-hybridized carbons (Fsp3) is 0.500. The number of likely N-dealkylation sites (tertiary alicyclic amines) is 1. The number of benzene rings is 1. The summed E-state index contributed by atoms with van der Waals surface area (Å²) < 4.78 is 10.8. The van der Waals surface area contributed by atoms with E-state index in [-0.39, 0.29) is 12.7 Å². The third-order valence-electron chi connectivity index (χ3n) is 3.55. The maximum Gasteiger partial charge on any atom is 0.231 e. The number of aryl methyl sites for hydroxylation is 1. The van der Waals surface area contributed by atoms with Crippen LogP contribution in [0.15, 0.2) is 18.2 Å². The van der Waals surface area contributed by atoms with Gasteiger partial charge in [-0.25, -0.2) is 0 Å². The summed E-state index contributed by atoms with van der Waals surface area (Å²) >= 11 is 0. The number of carbonyl (C=O) groups excluding carboxylic acids is 1. The molecule has 0 saturated carbocycles. The summed E-state index contributed by atoms with van der Waals surface area (Å²) in [5.41, 5.74) is 1.07. The average molecular weight is 247 g/mol. The highest BCUT2D eigenvalue weighted by Gasteiger charge is 2.20. The first kappa shape index (κ1) is 11.4. The van der Waals surface area contributed by atoms with Crippen LogP contribution in [0.4, 0.5) is 0 Å². The number of rotatable bonds is 3. The lowest BCUT2D eigenvalue weighted by Gasteiger charge is -2.15. The number of para-hydroxylation sites is 1. The average Bonchev–Trinajstić information content (AvgIpc) is 3.05. The molecule has 0 aromatic heterocycles. The summed E-state index contributed by atoms with van der Waals surface area (Å²) in [6.07, 6.45) is 3.56. The highest BCUT2D eigenvalue weighted by Crippen LogP contribution is 2.35. The zero-order valence-corrected chi connectivity index (χ0v) is 10.4. The standard InChI is InChI=1S/C14H17NO3/c16-13(15-8-1-2-9-15)7-6-11-4-3-5-12-14(11)18-10-17-12/h3-5H,1-2,6-10H2. The number of carbonyl (C=O) groups is 1. The van der Waals surface area contributed by atoms with Crippen LogP contribution in [0.1, 0.15) is 24.8 Å². The Morgan fingerprint density at radius 1 is 1.22 bits per heavy atom. The van der Waals surface area contributed by atoms with E-state index in [1.807, 2.05) is 23.1 Å². The molecule has 1 aromatic rings. The van der Waals surface area contributed by atoms with Gasteiger partial charge in [0.15, 0.2) is 11.5 Å². The van der Waals surface area contributed by atoms with Gasteiger partial charge in [0.1, 0.15) is 0 Å². The Bertz CT molecular complexity index is 452. The molecular formula is C14H17NO3. The number of fused-ring (bicyclic) bond motifs is 1. The third-order valence-corrected chi connectivity index (χ3v) is 3.55. The van der Waals surface area contributed by atoms with Gasteiger partial charge in [0, 0.05) is 19.5 Å². The third kappa shape index (κ3) is 2.15. The molecule has 2 aliphatic heterocycles. The second kappa shape index (κ2) is 4.88. The highest BCUT2D eigenvalue weighted by molar-refractivity contribution is 5.76. The summed E-state index contributed by atoms with van der Waals surface area (Å²) in [5, 5.41) is 0. The Kier molecular flexibility index (Phi) is 3.09. The molecule has 96 valence electrons. The molecule has 18 heavy (non-hydrogen) atoms. The van der Waals surface area contributed by atoms with Gasteiger partial charge in [0.25, 0.3) is 0 Å². The van der Waals surface area contributed by atoms with Crippen molar-refractivity contribution in [2.75, 3.05) is 19.9 Å². The first-order valence-electron chi connectivity index (χ1n) is 6.50. The molecule has 4 heteroatoms. The predicted molar refractivity (Wildman–Crippen MR) is 66.7 cm³/mol. The van der Waals surface area contributed by atoms with Crippen LogP contribution in [-0.4, -0.2) is 30.7 Å². The summed E-state index contributed by atoms with van der Waals surface area (Å²) in [7, 11) is 0. The van der Waals surface area contributed by atoms with Crippen LogP contribution in [-0.2, 0) is 11.2 Å². The number of hydrogen-bond donors (Lipinski definition) is 0. The molecule has 1 amide bonds. The van der Waals surface area contributed by atoms with Gasteiger partial charge in [-0.3, -0.25) is 4.79 Å². The van der Waals surface area contributed by atoms with Crippen molar-refractivity contribution in [3.8, 4) is 11.5 Å². The zero-order chi connectivity index (χ0) is 12.4. The fourth-order valence-electron chi connectivity index (χ4n) is 2.55. The lowest BCUT2D eigenvalue weighted by atomic mass is 10.1. The Labute approximate surface area is 106 Å². The maximum atomic E-state index is 12.0. The van der Waals surface area contributed by atoms with Crippen LogP contribution in [0, 0.1) is 0 Å². The molecule has 0 unspecified atom stereocenters. The van der Waals surface area contributed by atoms with Crippen LogP contribution < -0.4 is 9.47 Å². The fourth-order valence-corrected chi connectivity index (χ4v) is 2.55. The monoisotopic (exact) mass is 247 g/mol. The molecule has 0 aliphatic carbocycles. The van der Waals surface area contributed by atoms with Crippen molar-refractivity contribution in [3.05, 3.63) is 23.8 Å². The minimum absolute atomic E-state index is 0.254. The van der Waals surface area contributed by atoms with Crippen LogP contribution >= 0.6 is 0 Å². The van der Waals surface area contributed by atoms with E-state index in [4.69, 9.17) is 9.47 Å². The number of amides is 1. The van der Waals surface area contributed by atoms with E-state index in [0.29, 0.717) is 6.42 Å². The Morgan fingerprint density at radius 3 is 2.89 bits per heavy atom. The Morgan fingerprint density at radius 2 is 2.06 bits per heavy atom. The highest BCUT2D eigenvalue weighted by atomic mass is 16.7. The zero-order valence-electron chi connectivity index (χ0n) is 10.4. The molecule has 4 nitrogen and oxygen atoms in total. The van der Waals surface area contributed by atoms with Crippen LogP contribution in [0.25, 0.3) is 0 Å². The van der Waals surface area contributed by atoms with Crippen LogP contribution in [0.3, 0.4) is 0 Å². The second-order valence-electron chi connectivity index (χ2n) is 4.74. The molecule has 0 bridgehead atoms. The molecule has 1 saturated heterocycles. The minimum Gasteiger partial charge on any atom is -0.454 e. The van der Waals surface area contributed by atoms with Gasteiger partial charge in [-0.2, -0.15) is 0 Å². The number of ether oxygens (including phenoxy) is 2. The van der Waals surface area contributed by atoms with Crippen molar-refractivity contribution in [2.24, 2.45) is 0 Å². The van der Waals surface area contributed by atoms with Gasteiger partial charge in [-0.15, -0.1) is 0 Å². The van der Waals surface area contributed by atoms with Gasteiger partial charge >= 0.3 is 0 Å². The number of hydrogen-bond acceptors (Lipinski definition) is 3. The topological polar surface area (TPSA) is 38.8 Å². The number of nitrogens with zero attached hydrogens (tertiary/aromatic N) is 1. The van der Waals surface area contributed by atoms with Crippen molar-refractivity contribution >= 4 is 5.91 Å². The first-order chi connectivity index (χ1) is 8.84.